The molecule has 1 unspecified atom stereocenters. The van der Waals surface area contributed by atoms with Gasteiger partial charge in [0, 0.05) is 6.54 Å². The summed E-state index contributed by atoms with van der Waals surface area (Å²) in [7, 11) is 0. The summed E-state index contributed by atoms with van der Waals surface area (Å²) in [5.41, 5.74) is 3.55. The molecule has 0 aliphatic carbocycles. The van der Waals surface area contributed by atoms with Crippen LogP contribution in [0.2, 0.25) is 0 Å². The number of amides is 3. The monoisotopic (exact) mass is 658 g/mol. The molecule has 3 atom stereocenters. The Labute approximate surface area is 281 Å². The van der Waals surface area contributed by atoms with Gasteiger partial charge in [-0.25, -0.2) is 4.79 Å². The maximum atomic E-state index is 13.6. The Kier molecular flexibility index (Phi) is 14.3. The van der Waals surface area contributed by atoms with Crippen LogP contribution in [0.5, 0.6) is 5.75 Å². The molecule has 3 amide bonds. The minimum Gasteiger partial charge on any atom is -0.494 e. The maximum Gasteiger partial charge on any atom is 0.408 e. The van der Waals surface area contributed by atoms with Gasteiger partial charge in [0.2, 0.25) is 11.8 Å². The van der Waals surface area contributed by atoms with Gasteiger partial charge in [-0.3, -0.25) is 14.4 Å². The Morgan fingerprint density at radius 3 is 2.33 bits per heavy atom. The Morgan fingerprint density at radius 1 is 0.917 bits per heavy atom. The molecule has 0 radical (unpaired) electrons. The summed E-state index contributed by atoms with van der Waals surface area (Å²) in [6.07, 6.45) is 2.45. The van der Waals surface area contributed by atoms with E-state index in [1.165, 1.54) is 12.8 Å². The first kappa shape index (κ1) is 35.9. The summed E-state index contributed by atoms with van der Waals surface area (Å²) in [5, 5.41) is 20.8. The van der Waals surface area contributed by atoms with E-state index < -0.39 is 42.4 Å². The Morgan fingerprint density at radius 2 is 1.65 bits per heavy atom. The summed E-state index contributed by atoms with van der Waals surface area (Å²) in [5.74, 6) is -1.20. The third-order valence-corrected chi connectivity index (χ3v) is 8.36. The zero-order chi connectivity index (χ0) is 34.1. The molecule has 3 aromatic rings. The van der Waals surface area contributed by atoms with E-state index in [1.54, 1.807) is 24.3 Å². The summed E-state index contributed by atoms with van der Waals surface area (Å²) >= 11 is 0. The molecule has 4 rings (SSSR count). The molecule has 11 nitrogen and oxygen atoms in total. The number of ether oxygens (including phenoxy) is 2. The molecule has 1 saturated heterocycles. The first-order valence-corrected chi connectivity index (χ1v) is 16.5. The molecular weight excluding hydrogens is 612 g/mol. The number of carboxylic acid groups (broad SMARTS) is 1. The lowest BCUT2D eigenvalue weighted by molar-refractivity contribution is -0.140. The van der Waals surface area contributed by atoms with E-state index in [1.807, 2.05) is 61.5 Å². The second-order valence-electron chi connectivity index (χ2n) is 12.1. The van der Waals surface area contributed by atoms with Crippen molar-refractivity contribution in [2.24, 2.45) is 5.92 Å². The van der Waals surface area contributed by atoms with Crippen LogP contribution in [0, 0.1) is 12.8 Å². The summed E-state index contributed by atoms with van der Waals surface area (Å²) < 4.78 is 11.2. The van der Waals surface area contributed by atoms with Crippen LogP contribution < -0.4 is 26.0 Å². The van der Waals surface area contributed by atoms with E-state index in [-0.39, 0.29) is 19.6 Å². The number of carbonyl (C=O) groups is 4. The minimum atomic E-state index is -1.46. The van der Waals surface area contributed by atoms with Gasteiger partial charge in [-0.05, 0) is 92.4 Å². The molecule has 1 heterocycles. The number of aryl methyl sites for hydroxylation is 2. The lowest BCUT2D eigenvalue weighted by Gasteiger charge is -2.23. The smallest absolute Gasteiger partial charge is 0.408 e. The second kappa shape index (κ2) is 19.0. The number of alkyl carbamates (subject to hydrolysis) is 1. The van der Waals surface area contributed by atoms with Crippen LogP contribution in [0.3, 0.4) is 0 Å². The van der Waals surface area contributed by atoms with Crippen LogP contribution in [0.15, 0.2) is 78.9 Å². The molecule has 5 N–H and O–H groups in total. The molecule has 1 aliphatic heterocycles. The van der Waals surface area contributed by atoms with Gasteiger partial charge in [-0.15, -0.1) is 0 Å². The van der Waals surface area contributed by atoms with Gasteiger partial charge in [-0.2, -0.15) is 0 Å². The van der Waals surface area contributed by atoms with Gasteiger partial charge in [0.1, 0.15) is 24.4 Å². The van der Waals surface area contributed by atoms with Crippen molar-refractivity contribution in [2.45, 2.75) is 70.7 Å². The number of hydrogen-bond acceptors (Lipinski definition) is 7. The Hall–Kier alpha value is -4.90. The predicted molar refractivity (Wildman–Crippen MR) is 181 cm³/mol. The number of carbonyl (C=O) groups excluding carboxylic acids is 3. The van der Waals surface area contributed by atoms with Gasteiger partial charge in [-0.1, -0.05) is 66.7 Å². The summed E-state index contributed by atoms with van der Waals surface area (Å²) in [6, 6.07) is 21.8. The largest absolute Gasteiger partial charge is 0.494 e. The topological polar surface area (TPSA) is 155 Å². The molecule has 0 spiro atoms. The third-order valence-electron chi connectivity index (χ3n) is 8.36. The quantitative estimate of drug-likeness (QED) is 0.144. The molecule has 3 aromatic carbocycles. The Bertz CT molecular complexity index is 1480. The average molecular weight is 659 g/mol. The highest BCUT2D eigenvalue weighted by atomic mass is 16.5. The lowest BCUT2D eigenvalue weighted by Crippen LogP contribution is -2.54. The van der Waals surface area contributed by atoms with Crippen molar-refractivity contribution in [1.29, 1.82) is 0 Å². The van der Waals surface area contributed by atoms with Gasteiger partial charge < -0.3 is 35.8 Å². The molecule has 11 heteroatoms. The van der Waals surface area contributed by atoms with Crippen LogP contribution in [0.1, 0.15) is 54.4 Å². The zero-order valence-electron chi connectivity index (χ0n) is 27.4. The van der Waals surface area contributed by atoms with E-state index in [0.717, 1.165) is 47.5 Å². The van der Waals surface area contributed by atoms with E-state index >= 15 is 0 Å². The number of piperidine rings is 1. The van der Waals surface area contributed by atoms with Crippen LogP contribution in [0.25, 0.3) is 0 Å². The number of carboxylic acids is 1. The molecular formula is C37H46N4O7. The van der Waals surface area contributed by atoms with Crippen LogP contribution >= 0.6 is 0 Å². The molecule has 0 saturated carbocycles. The fourth-order valence-electron chi connectivity index (χ4n) is 5.54. The number of hydrogen-bond donors (Lipinski definition) is 5. The average Bonchev–Trinajstić information content (AvgIpc) is 3.10. The molecule has 1 fully saturated rings. The standard InChI is InChI=1S/C37H46N4O7/c1-26-14-16-31(47-20-18-28-13-8-19-38-23-28)21-30(26)24-39-35(44)32(17-15-27-9-4-2-5-10-27)40-36(45)33(22-34(42)43)41-37(46)48-25-29-11-6-3-7-12-29/h2-7,9-12,14,16,21,28,32-33,38H,8,13,15,17-20,22-25H2,1H3,(H,39,44)(H,40,45)(H,41,46)(H,42,43)/t28?,32-,33-/m0/s1. The molecule has 48 heavy (non-hydrogen) atoms. The van der Waals surface area contributed by atoms with Crippen molar-refractivity contribution in [3.05, 3.63) is 101 Å². The van der Waals surface area contributed by atoms with Crippen molar-refractivity contribution >= 4 is 23.9 Å². The molecule has 256 valence electrons. The number of aliphatic carboxylic acids is 1. The maximum absolute atomic E-state index is 13.6. The van der Waals surface area contributed by atoms with Crippen LogP contribution in [-0.2, 0) is 38.7 Å². The highest BCUT2D eigenvalue weighted by Gasteiger charge is 2.29. The number of nitrogens with one attached hydrogen (secondary N) is 4. The molecule has 1 aliphatic rings. The SMILES string of the molecule is Cc1ccc(OCCC2CCCNC2)cc1CNC(=O)[C@H](CCc1ccccc1)NC(=O)[C@H](CC(=O)O)NC(=O)OCc1ccccc1. The predicted octanol–water partition coefficient (Wildman–Crippen LogP) is 4.27. The van der Waals surface area contributed by atoms with Crippen molar-refractivity contribution < 1.29 is 33.8 Å². The first-order valence-electron chi connectivity index (χ1n) is 16.5. The first-order chi connectivity index (χ1) is 23.3. The van der Waals surface area contributed by atoms with E-state index in [2.05, 4.69) is 21.3 Å². The second-order valence-corrected chi connectivity index (χ2v) is 12.1. The van der Waals surface area contributed by atoms with Gasteiger partial charge in [0.25, 0.3) is 0 Å². The van der Waals surface area contributed by atoms with Gasteiger partial charge in [0.15, 0.2) is 0 Å². The number of benzene rings is 3. The van der Waals surface area contributed by atoms with E-state index in [4.69, 9.17) is 9.47 Å². The van der Waals surface area contributed by atoms with Crippen molar-refractivity contribution in [3.8, 4) is 5.75 Å². The van der Waals surface area contributed by atoms with Gasteiger partial charge >= 0.3 is 12.1 Å². The number of rotatable bonds is 17. The third kappa shape index (κ3) is 12.4. The lowest BCUT2D eigenvalue weighted by atomic mass is 9.97. The molecule has 0 aromatic heterocycles. The minimum absolute atomic E-state index is 0.0557. The van der Waals surface area contributed by atoms with Crippen molar-refractivity contribution in [2.75, 3.05) is 19.7 Å². The van der Waals surface area contributed by atoms with Crippen molar-refractivity contribution in [1.82, 2.24) is 21.3 Å². The Balaban J connectivity index is 1.38. The molecule has 0 bridgehead atoms. The van der Waals surface area contributed by atoms with E-state index in [9.17, 15) is 24.3 Å². The van der Waals surface area contributed by atoms with Gasteiger partial charge in [0.05, 0.1) is 13.0 Å². The normalized spacial score (nSPS) is 15.4. The van der Waals surface area contributed by atoms with Crippen molar-refractivity contribution in [3.63, 3.8) is 0 Å². The highest BCUT2D eigenvalue weighted by Crippen LogP contribution is 2.20. The zero-order valence-corrected chi connectivity index (χ0v) is 27.4. The highest BCUT2D eigenvalue weighted by molar-refractivity contribution is 5.93. The summed E-state index contributed by atoms with van der Waals surface area (Å²) in [6.45, 7) is 4.80. The fourth-order valence-corrected chi connectivity index (χ4v) is 5.54. The van der Waals surface area contributed by atoms with Crippen LogP contribution in [0.4, 0.5) is 4.79 Å². The van der Waals surface area contributed by atoms with Crippen LogP contribution in [-0.4, -0.2) is 60.8 Å². The fraction of sp³-hybridized carbons (Fsp3) is 0.405. The summed E-state index contributed by atoms with van der Waals surface area (Å²) in [4.78, 5) is 51.0. The van der Waals surface area contributed by atoms with E-state index in [0.29, 0.717) is 18.9 Å².